The Morgan fingerprint density at radius 1 is 1.00 bits per heavy atom. The molecule has 2 N–H and O–H groups in total. The van der Waals surface area contributed by atoms with Gasteiger partial charge in [-0.25, -0.2) is 0 Å². The molecule has 0 bridgehead atoms. The molecule has 0 aliphatic heterocycles. The van der Waals surface area contributed by atoms with Crippen LogP contribution >= 0.6 is 0 Å². The third-order valence-electron chi connectivity index (χ3n) is 3.88. The van der Waals surface area contributed by atoms with Crippen molar-refractivity contribution in [2.75, 3.05) is 20.3 Å². The molecule has 0 radical (unpaired) electrons. The Labute approximate surface area is 169 Å². The molecule has 0 aliphatic carbocycles. The van der Waals surface area contributed by atoms with E-state index in [1.54, 1.807) is 74.7 Å². The van der Waals surface area contributed by atoms with Crippen molar-refractivity contribution in [3.8, 4) is 5.75 Å². The van der Waals surface area contributed by atoms with E-state index in [1.807, 2.05) is 0 Å². The van der Waals surface area contributed by atoms with Crippen LogP contribution in [0, 0.1) is 0 Å². The lowest BCUT2D eigenvalue weighted by Crippen LogP contribution is -2.35. The molecule has 2 aromatic carbocycles. The lowest BCUT2D eigenvalue weighted by molar-refractivity contribution is -0.143. The molecule has 0 saturated heterocycles. The first kappa shape index (κ1) is 21.7. The van der Waals surface area contributed by atoms with Crippen molar-refractivity contribution in [2.24, 2.45) is 0 Å². The van der Waals surface area contributed by atoms with E-state index in [2.05, 4.69) is 10.6 Å². The highest BCUT2D eigenvalue weighted by Gasteiger charge is 2.15. The third-order valence-corrected chi connectivity index (χ3v) is 3.88. The van der Waals surface area contributed by atoms with Gasteiger partial charge in [-0.2, -0.15) is 0 Å². The van der Waals surface area contributed by atoms with Crippen LogP contribution in [0.5, 0.6) is 5.75 Å². The van der Waals surface area contributed by atoms with E-state index in [1.165, 1.54) is 0 Å². The lowest BCUT2D eigenvalue weighted by Gasteiger charge is -2.11. The molecule has 0 aliphatic rings. The summed E-state index contributed by atoms with van der Waals surface area (Å²) < 4.78 is 9.96. The molecule has 7 nitrogen and oxygen atoms in total. The van der Waals surface area contributed by atoms with E-state index >= 15 is 0 Å². The van der Waals surface area contributed by atoms with Gasteiger partial charge in [0, 0.05) is 12.1 Å². The maximum atomic E-state index is 12.6. The van der Waals surface area contributed by atoms with Gasteiger partial charge in [0.25, 0.3) is 11.8 Å². The van der Waals surface area contributed by atoms with Crippen molar-refractivity contribution in [3.63, 3.8) is 0 Å². The fourth-order valence-corrected chi connectivity index (χ4v) is 2.42. The summed E-state index contributed by atoms with van der Waals surface area (Å²) in [6, 6.07) is 15.6. The second kappa shape index (κ2) is 11.3. The van der Waals surface area contributed by atoms with E-state index < -0.39 is 17.8 Å². The highest BCUT2D eigenvalue weighted by atomic mass is 16.5. The Morgan fingerprint density at radius 3 is 2.31 bits per heavy atom. The smallest absolute Gasteiger partial charge is 0.307 e. The predicted molar refractivity (Wildman–Crippen MR) is 109 cm³/mol. The van der Waals surface area contributed by atoms with Gasteiger partial charge in [0.1, 0.15) is 11.4 Å². The minimum atomic E-state index is -0.505. The minimum absolute atomic E-state index is 0.0437. The summed E-state index contributed by atoms with van der Waals surface area (Å²) in [5, 5.41) is 5.26. The monoisotopic (exact) mass is 396 g/mol. The topological polar surface area (TPSA) is 93.7 Å². The Hall–Kier alpha value is -3.61. The maximum Gasteiger partial charge on any atom is 0.307 e. The molecular weight excluding hydrogens is 372 g/mol. The maximum absolute atomic E-state index is 12.6. The number of carbonyl (C=O) groups is 3. The number of benzene rings is 2. The average molecular weight is 396 g/mol. The van der Waals surface area contributed by atoms with Crippen LogP contribution in [0.2, 0.25) is 0 Å². The van der Waals surface area contributed by atoms with Gasteiger partial charge in [0.05, 0.1) is 20.1 Å². The zero-order chi connectivity index (χ0) is 21.1. The Balaban J connectivity index is 2.15. The van der Waals surface area contributed by atoms with E-state index in [9.17, 15) is 14.4 Å². The van der Waals surface area contributed by atoms with Gasteiger partial charge in [0.15, 0.2) is 0 Å². The van der Waals surface area contributed by atoms with Crippen LogP contribution in [0.3, 0.4) is 0 Å². The van der Waals surface area contributed by atoms with Crippen molar-refractivity contribution in [2.45, 2.75) is 13.3 Å². The van der Waals surface area contributed by atoms with E-state index in [-0.39, 0.29) is 25.3 Å². The summed E-state index contributed by atoms with van der Waals surface area (Å²) in [6.45, 7) is 2.09. The van der Waals surface area contributed by atoms with Crippen LogP contribution in [-0.4, -0.2) is 38.0 Å². The number of rotatable bonds is 9. The number of nitrogens with one attached hydrogen (secondary N) is 2. The van der Waals surface area contributed by atoms with Crippen LogP contribution < -0.4 is 15.4 Å². The van der Waals surface area contributed by atoms with Crippen molar-refractivity contribution in [3.05, 3.63) is 71.4 Å². The zero-order valence-electron chi connectivity index (χ0n) is 16.4. The predicted octanol–water partition coefficient (Wildman–Crippen LogP) is 2.54. The summed E-state index contributed by atoms with van der Waals surface area (Å²) in [7, 11) is 1.56. The summed E-state index contributed by atoms with van der Waals surface area (Å²) in [5.74, 6) is -0.641. The quantitative estimate of drug-likeness (QED) is 0.502. The molecule has 2 rings (SSSR count). The fourth-order valence-electron chi connectivity index (χ4n) is 2.42. The minimum Gasteiger partial charge on any atom is -0.497 e. The fraction of sp³-hybridized carbons (Fsp3) is 0.227. The van der Waals surface area contributed by atoms with Crippen molar-refractivity contribution in [1.82, 2.24) is 10.6 Å². The molecule has 152 valence electrons. The average Bonchev–Trinajstić information content (AvgIpc) is 2.74. The van der Waals surface area contributed by atoms with Crippen LogP contribution in [0.25, 0.3) is 6.08 Å². The largest absolute Gasteiger partial charge is 0.497 e. The van der Waals surface area contributed by atoms with Crippen LogP contribution in [0.4, 0.5) is 0 Å². The first-order valence-electron chi connectivity index (χ1n) is 9.19. The zero-order valence-corrected chi connectivity index (χ0v) is 16.4. The molecule has 0 heterocycles. The Bertz CT molecular complexity index is 861. The second-order valence-corrected chi connectivity index (χ2v) is 5.96. The molecule has 0 aromatic heterocycles. The number of hydrogen-bond donors (Lipinski definition) is 2. The van der Waals surface area contributed by atoms with Crippen molar-refractivity contribution in [1.29, 1.82) is 0 Å². The standard InChI is InChI=1S/C22H24N2O5/c1-3-29-20(25)13-14-23-22(27)19(15-16-9-11-18(28-2)12-10-16)24-21(26)17-7-5-4-6-8-17/h4-12,15H,3,13-14H2,1-2H3,(H,23,27)(H,24,26). The molecule has 2 amide bonds. The van der Waals surface area contributed by atoms with Crippen LogP contribution in [0.1, 0.15) is 29.3 Å². The van der Waals surface area contributed by atoms with Gasteiger partial charge < -0.3 is 20.1 Å². The van der Waals surface area contributed by atoms with Gasteiger partial charge >= 0.3 is 5.97 Å². The van der Waals surface area contributed by atoms with Gasteiger partial charge in [-0.05, 0) is 42.8 Å². The molecule has 7 heteroatoms. The van der Waals surface area contributed by atoms with Crippen LogP contribution in [0.15, 0.2) is 60.3 Å². The van der Waals surface area contributed by atoms with Gasteiger partial charge in [-0.1, -0.05) is 30.3 Å². The normalized spacial score (nSPS) is 10.8. The summed E-state index contributed by atoms with van der Waals surface area (Å²) in [4.78, 5) is 36.5. The van der Waals surface area contributed by atoms with Gasteiger partial charge in [-0.15, -0.1) is 0 Å². The molecule has 0 fully saturated rings. The molecule has 0 spiro atoms. The molecule has 0 unspecified atom stereocenters. The lowest BCUT2D eigenvalue weighted by atomic mass is 10.1. The number of methoxy groups -OCH3 is 1. The summed E-state index contributed by atoms with van der Waals surface area (Å²) >= 11 is 0. The number of amides is 2. The number of ether oxygens (including phenoxy) is 2. The summed E-state index contributed by atoms with van der Waals surface area (Å²) in [6.07, 6.45) is 1.60. The first-order valence-corrected chi connectivity index (χ1v) is 9.19. The van der Waals surface area contributed by atoms with Crippen molar-refractivity contribution >= 4 is 23.9 Å². The Kier molecular flexibility index (Phi) is 8.44. The van der Waals surface area contributed by atoms with E-state index in [0.717, 1.165) is 0 Å². The number of hydrogen-bond acceptors (Lipinski definition) is 5. The molecule has 0 atom stereocenters. The SMILES string of the molecule is CCOC(=O)CCNC(=O)C(=Cc1ccc(OC)cc1)NC(=O)c1ccccc1. The van der Waals surface area contributed by atoms with Gasteiger partial charge in [0.2, 0.25) is 0 Å². The highest BCUT2D eigenvalue weighted by molar-refractivity contribution is 6.05. The summed E-state index contributed by atoms with van der Waals surface area (Å²) in [5.41, 5.74) is 1.19. The first-order chi connectivity index (χ1) is 14.0. The number of esters is 1. The molecule has 0 saturated carbocycles. The highest BCUT2D eigenvalue weighted by Crippen LogP contribution is 2.14. The van der Waals surface area contributed by atoms with Crippen LogP contribution in [-0.2, 0) is 14.3 Å². The van der Waals surface area contributed by atoms with E-state index in [4.69, 9.17) is 9.47 Å². The second-order valence-electron chi connectivity index (χ2n) is 5.96. The van der Waals surface area contributed by atoms with Crippen molar-refractivity contribution < 1.29 is 23.9 Å². The van der Waals surface area contributed by atoms with E-state index in [0.29, 0.717) is 16.9 Å². The molecule has 2 aromatic rings. The number of carbonyl (C=O) groups excluding carboxylic acids is 3. The third kappa shape index (κ3) is 7.14. The Morgan fingerprint density at radius 2 is 1.69 bits per heavy atom. The van der Waals surface area contributed by atoms with Gasteiger partial charge in [-0.3, -0.25) is 14.4 Å². The molecular formula is C22H24N2O5. The molecule has 29 heavy (non-hydrogen) atoms.